The lowest BCUT2D eigenvalue weighted by molar-refractivity contribution is -0.172. The number of esters is 2. The lowest BCUT2D eigenvalue weighted by Gasteiger charge is -2.31. The molecule has 0 spiro atoms. The van der Waals surface area contributed by atoms with Gasteiger partial charge in [-0.1, -0.05) is 0 Å². The van der Waals surface area contributed by atoms with Crippen molar-refractivity contribution in [1.29, 1.82) is 0 Å². The zero-order valence-corrected chi connectivity index (χ0v) is 24.4. The number of ether oxygens (including phenoxy) is 6. The Morgan fingerprint density at radius 3 is 2.27 bits per heavy atom. The molecule has 2 rings (SSSR count). The highest BCUT2D eigenvalue weighted by Crippen LogP contribution is 2.30. The number of rotatable bonds is 14. The van der Waals surface area contributed by atoms with E-state index in [1.54, 1.807) is 0 Å². The molecule has 1 aliphatic rings. The number of cyclic esters (lactones) is 1. The summed E-state index contributed by atoms with van der Waals surface area (Å²) < 4.78 is 108. The first-order chi connectivity index (χ1) is 20.6. The fourth-order valence-electron chi connectivity index (χ4n) is 4.28. The molecule has 4 atom stereocenters. The first-order valence-corrected chi connectivity index (χ1v) is 13.8. The van der Waals surface area contributed by atoms with Crippen molar-refractivity contribution in [2.24, 2.45) is 0 Å². The second-order valence-electron chi connectivity index (χ2n) is 9.87. The van der Waals surface area contributed by atoms with Crippen molar-refractivity contribution in [3.63, 3.8) is 0 Å². The van der Waals surface area contributed by atoms with Crippen LogP contribution in [0, 0.1) is 0 Å². The molecule has 0 aliphatic carbocycles. The third-order valence-corrected chi connectivity index (χ3v) is 6.32. The number of nitrogens with zero attached hydrogens (tertiary/aromatic N) is 1. The summed E-state index contributed by atoms with van der Waals surface area (Å²) in [4.78, 5) is 41.4. The van der Waals surface area contributed by atoms with Crippen LogP contribution < -0.4 is 14.8 Å². The third kappa shape index (κ3) is 13.1. The molecule has 0 radical (unpaired) electrons. The van der Waals surface area contributed by atoms with Crippen LogP contribution in [0.2, 0.25) is 0 Å². The van der Waals surface area contributed by atoms with E-state index in [-0.39, 0.29) is 56.1 Å². The van der Waals surface area contributed by atoms with Crippen LogP contribution in [-0.2, 0) is 28.5 Å². The smallest absolute Gasteiger partial charge is 0.389 e. The van der Waals surface area contributed by atoms with Crippen LogP contribution in [0.5, 0.6) is 11.5 Å². The Labute approximate surface area is 249 Å². The second kappa shape index (κ2) is 17.2. The minimum atomic E-state index is -4.41. The molecular weight excluding hydrogens is 610 g/mol. The Morgan fingerprint density at radius 1 is 1.05 bits per heavy atom. The number of pyridine rings is 1. The molecule has 0 bridgehead atoms. The van der Waals surface area contributed by atoms with Gasteiger partial charge < -0.3 is 33.7 Å². The Morgan fingerprint density at radius 2 is 1.68 bits per heavy atom. The van der Waals surface area contributed by atoms with Crippen molar-refractivity contribution in [3.05, 3.63) is 18.0 Å². The maximum absolute atomic E-state index is 13.2. The number of amides is 1. The van der Waals surface area contributed by atoms with E-state index < -0.39 is 80.6 Å². The first kappa shape index (κ1) is 36.8. The largest absolute Gasteiger partial charge is 0.493 e. The summed E-state index contributed by atoms with van der Waals surface area (Å²) in [6, 6.07) is 0.161. The molecule has 1 aliphatic heterocycles. The molecule has 1 saturated heterocycles. The number of carbonyl (C=O) groups is 3. The van der Waals surface area contributed by atoms with Gasteiger partial charge in [-0.05, 0) is 39.0 Å². The van der Waals surface area contributed by atoms with Gasteiger partial charge in [0.1, 0.15) is 18.2 Å². The van der Waals surface area contributed by atoms with Gasteiger partial charge in [0, 0.05) is 45.2 Å². The van der Waals surface area contributed by atoms with Gasteiger partial charge in [0.25, 0.3) is 5.91 Å². The highest BCUT2D eigenvalue weighted by atomic mass is 19.4. The Bertz CT molecular complexity index is 1090. The number of halogens is 6. The molecule has 17 heteroatoms. The van der Waals surface area contributed by atoms with E-state index in [9.17, 15) is 40.7 Å². The van der Waals surface area contributed by atoms with Crippen LogP contribution in [0.3, 0.4) is 0 Å². The van der Waals surface area contributed by atoms with Crippen molar-refractivity contribution in [1.82, 2.24) is 10.3 Å². The Kier molecular flexibility index (Phi) is 14.4. The summed E-state index contributed by atoms with van der Waals surface area (Å²) in [6.45, 7) is 1.32. The summed E-state index contributed by atoms with van der Waals surface area (Å²) in [7, 11) is 1.30. The van der Waals surface area contributed by atoms with E-state index in [2.05, 4.69) is 10.3 Å². The van der Waals surface area contributed by atoms with Crippen LogP contribution in [0.25, 0.3) is 0 Å². The van der Waals surface area contributed by atoms with Gasteiger partial charge in [0.2, 0.25) is 6.79 Å². The Hall–Kier alpha value is -3.34. The molecule has 2 heterocycles. The van der Waals surface area contributed by atoms with Crippen molar-refractivity contribution in [3.8, 4) is 11.5 Å². The van der Waals surface area contributed by atoms with Gasteiger partial charge in [0.15, 0.2) is 17.2 Å². The van der Waals surface area contributed by atoms with Gasteiger partial charge >= 0.3 is 24.3 Å². The van der Waals surface area contributed by atoms with E-state index >= 15 is 0 Å². The molecule has 1 fully saturated rings. The molecule has 0 saturated carbocycles. The van der Waals surface area contributed by atoms with Crippen LogP contribution in [0.1, 0.15) is 69.3 Å². The monoisotopic (exact) mass is 646 g/mol. The summed E-state index contributed by atoms with van der Waals surface area (Å²) >= 11 is 0. The zero-order chi connectivity index (χ0) is 32.9. The van der Waals surface area contributed by atoms with Gasteiger partial charge in [0.05, 0.1) is 13.2 Å². The van der Waals surface area contributed by atoms with E-state index in [0.29, 0.717) is 0 Å². The fourth-order valence-corrected chi connectivity index (χ4v) is 4.28. The average molecular weight is 647 g/mol. The van der Waals surface area contributed by atoms with Gasteiger partial charge in [-0.15, -0.1) is 0 Å². The molecule has 0 unspecified atom stereocenters. The summed E-state index contributed by atoms with van der Waals surface area (Å²) in [5.41, 5.74) is -0.297. The third-order valence-electron chi connectivity index (χ3n) is 6.32. The number of hydrogen-bond donors (Lipinski definition) is 1. The van der Waals surface area contributed by atoms with E-state index in [1.165, 1.54) is 26.3 Å². The number of methoxy groups -OCH3 is 1. The summed E-state index contributed by atoms with van der Waals surface area (Å²) in [5, 5.41) is 2.51. The predicted molar refractivity (Wildman–Crippen MR) is 139 cm³/mol. The number of carbonyl (C=O) groups excluding carboxylic acids is 3. The van der Waals surface area contributed by atoms with Crippen LogP contribution in [0.4, 0.5) is 26.3 Å². The molecule has 1 amide bonds. The highest BCUT2D eigenvalue weighted by Gasteiger charge is 2.37. The molecule has 1 aromatic heterocycles. The van der Waals surface area contributed by atoms with Crippen molar-refractivity contribution >= 4 is 17.8 Å². The molecule has 0 aromatic carbocycles. The maximum Gasteiger partial charge on any atom is 0.389 e. The minimum absolute atomic E-state index is 0.00804. The van der Waals surface area contributed by atoms with E-state index in [0.717, 1.165) is 6.92 Å². The number of alkyl halides is 6. The standard InChI is InChI=1S/C27H36F6N2O9/c1-16-22(41-14-6-11-27(31,32)33)20(40-13-5-10-26(28,29)30)8-4-7-18(25(38)44-16)35-24(37)21-23(43-15-42-17(2)36)19(39-3)9-12-34-21/h9,12,16,18,20,22H,4-8,10-11,13-15H2,1-3H3,(H,35,37)/t16-,18-,20-,22-/m0/s1. The van der Waals surface area contributed by atoms with Crippen LogP contribution in [0.15, 0.2) is 12.3 Å². The van der Waals surface area contributed by atoms with Gasteiger partial charge in [-0.3, -0.25) is 9.59 Å². The van der Waals surface area contributed by atoms with Gasteiger partial charge in [-0.2, -0.15) is 26.3 Å². The highest BCUT2D eigenvalue weighted by molar-refractivity contribution is 5.98. The Balaban J connectivity index is 2.18. The first-order valence-electron chi connectivity index (χ1n) is 13.8. The summed E-state index contributed by atoms with van der Waals surface area (Å²) in [5.74, 6) is -2.49. The fraction of sp³-hybridized carbons (Fsp3) is 0.704. The topological polar surface area (TPSA) is 132 Å². The number of nitrogens with one attached hydrogen (secondary N) is 1. The maximum atomic E-state index is 13.2. The zero-order valence-electron chi connectivity index (χ0n) is 24.4. The van der Waals surface area contributed by atoms with Crippen LogP contribution in [-0.4, -0.2) is 86.7 Å². The number of aromatic nitrogens is 1. The SMILES string of the molecule is COc1ccnc(C(=O)N[C@H]2CCC[C@H](OCCCC(F)(F)F)[C@@H](OCCCC(F)(F)F)[C@H](C)OC2=O)c1OCOC(C)=O. The van der Waals surface area contributed by atoms with Gasteiger partial charge in [-0.25, -0.2) is 9.78 Å². The lowest BCUT2D eigenvalue weighted by atomic mass is 10.0. The van der Waals surface area contributed by atoms with Crippen LogP contribution >= 0.6 is 0 Å². The molecule has 11 nitrogen and oxygen atoms in total. The molecule has 44 heavy (non-hydrogen) atoms. The normalized spacial score (nSPS) is 21.3. The van der Waals surface area contributed by atoms with Crippen molar-refractivity contribution in [2.45, 2.75) is 95.5 Å². The lowest BCUT2D eigenvalue weighted by Crippen LogP contribution is -2.46. The molecule has 1 aromatic rings. The summed E-state index contributed by atoms with van der Waals surface area (Å²) in [6.07, 6.45) is -13.3. The van der Waals surface area contributed by atoms with E-state index in [4.69, 9.17) is 28.4 Å². The molecule has 1 N–H and O–H groups in total. The number of hydrogen-bond acceptors (Lipinski definition) is 10. The van der Waals surface area contributed by atoms with Crippen molar-refractivity contribution in [2.75, 3.05) is 27.1 Å². The van der Waals surface area contributed by atoms with E-state index in [1.807, 2.05) is 0 Å². The average Bonchev–Trinajstić information content (AvgIpc) is 2.96. The molecular formula is C27H36F6N2O9. The molecule has 250 valence electrons. The second-order valence-corrected chi connectivity index (χ2v) is 9.87. The van der Waals surface area contributed by atoms with Crippen molar-refractivity contribution < 1.29 is 69.1 Å². The quantitative estimate of drug-likeness (QED) is 0.132. The minimum Gasteiger partial charge on any atom is -0.493 e. The predicted octanol–water partition coefficient (Wildman–Crippen LogP) is 4.66.